The summed E-state index contributed by atoms with van der Waals surface area (Å²) in [6.45, 7) is 3.54. The number of anilines is 1. The number of amides is 2. The summed E-state index contributed by atoms with van der Waals surface area (Å²) in [6.07, 6.45) is 0.769. The van der Waals surface area contributed by atoms with Crippen molar-refractivity contribution in [1.82, 2.24) is 9.80 Å². The minimum atomic E-state index is -0.426. The quantitative estimate of drug-likeness (QED) is 0.758. The van der Waals surface area contributed by atoms with Crippen LogP contribution in [0.2, 0.25) is 0 Å². The van der Waals surface area contributed by atoms with Crippen molar-refractivity contribution in [3.63, 3.8) is 0 Å². The molecular weight excluding hydrogens is 294 g/mol. The molecule has 2 aliphatic heterocycles. The van der Waals surface area contributed by atoms with Gasteiger partial charge in [0.05, 0.1) is 6.10 Å². The van der Waals surface area contributed by atoms with Crippen LogP contribution in [0.5, 0.6) is 0 Å². The second kappa shape index (κ2) is 7.00. The summed E-state index contributed by atoms with van der Waals surface area (Å²) in [5.41, 5.74) is 1.15. The fraction of sp³-hybridized carbons (Fsp3) is 0.529. The van der Waals surface area contributed by atoms with Gasteiger partial charge in [-0.1, -0.05) is 18.2 Å². The molecule has 2 heterocycles. The van der Waals surface area contributed by atoms with Crippen molar-refractivity contribution in [2.75, 3.05) is 44.2 Å². The predicted molar refractivity (Wildman–Crippen MR) is 87.1 cm³/mol. The van der Waals surface area contributed by atoms with E-state index in [1.165, 1.54) is 0 Å². The normalized spacial score (nSPS) is 19.8. The number of nitrogens with zero attached hydrogens (tertiary/aromatic N) is 3. The van der Waals surface area contributed by atoms with Crippen LogP contribution >= 0.6 is 0 Å². The van der Waals surface area contributed by atoms with Crippen molar-refractivity contribution in [2.24, 2.45) is 0 Å². The van der Waals surface area contributed by atoms with Gasteiger partial charge in [0, 0.05) is 45.0 Å². The molecule has 124 valence electrons. The second-order valence-electron chi connectivity index (χ2n) is 6.14. The van der Waals surface area contributed by atoms with Crippen molar-refractivity contribution in [2.45, 2.75) is 18.9 Å². The number of piperidine rings is 1. The van der Waals surface area contributed by atoms with Gasteiger partial charge in [0.15, 0.2) is 0 Å². The first-order chi connectivity index (χ1) is 11.1. The zero-order valence-corrected chi connectivity index (χ0v) is 13.2. The van der Waals surface area contributed by atoms with Crippen molar-refractivity contribution >= 4 is 17.5 Å². The van der Waals surface area contributed by atoms with Crippen molar-refractivity contribution in [1.29, 1.82) is 0 Å². The first kappa shape index (κ1) is 15.8. The third-order valence-electron chi connectivity index (χ3n) is 4.62. The number of carbonyl (C=O) groups is 2. The van der Waals surface area contributed by atoms with Crippen LogP contribution in [-0.4, -0.2) is 72.1 Å². The standard InChI is InChI=1S/C17H23N3O3/c21-15-6-8-19(9-7-15)16(22)17(23)20-12-10-18(11-13-20)14-4-2-1-3-5-14/h1-5,15,21H,6-13H2. The number of aliphatic hydroxyl groups is 1. The maximum Gasteiger partial charge on any atom is 0.312 e. The second-order valence-corrected chi connectivity index (χ2v) is 6.14. The minimum Gasteiger partial charge on any atom is -0.393 e. The molecule has 1 aromatic carbocycles. The Hall–Kier alpha value is -2.08. The molecular formula is C17H23N3O3. The predicted octanol–water partition coefficient (Wildman–Crippen LogP) is 0.318. The first-order valence-electron chi connectivity index (χ1n) is 8.21. The van der Waals surface area contributed by atoms with Crippen molar-refractivity contribution in [3.8, 4) is 0 Å². The van der Waals surface area contributed by atoms with Gasteiger partial charge < -0.3 is 19.8 Å². The van der Waals surface area contributed by atoms with E-state index in [9.17, 15) is 14.7 Å². The van der Waals surface area contributed by atoms with Crippen LogP contribution in [0.4, 0.5) is 5.69 Å². The largest absolute Gasteiger partial charge is 0.393 e. The van der Waals surface area contributed by atoms with Gasteiger partial charge in [-0.25, -0.2) is 0 Å². The summed E-state index contributed by atoms with van der Waals surface area (Å²) in [4.78, 5) is 30.1. The smallest absolute Gasteiger partial charge is 0.312 e. The molecule has 6 heteroatoms. The van der Waals surface area contributed by atoms with E-state index in [4.69, 9.17) is 0 Å². The highest BCUT2D eigenvalue weighted by molar-refractivity contribution is 6.34. The molecule has 3 rings (SSSR count). The Morgan fingerprint density at radius 3 is 1.91 bits per heavy atom. The minimum absolute atomic E-state index is 0.344. The van der Waals surface area contributed by atoms with E-state index in [1.54, 1.807) is 9.80 Å². The molecule has 1 aromatic rings. The molecule has 0 atom stereocenters. The van der Waals surface area contributed by atoms with Gasteiger partial charge in [0.1, 0.15) is 0 Å². The molecule has 6 nitrogen and oxygen atoms in total. The first-order valence-corrected chi connectivity index (χ1v) is 8.21. The van der Waals surface area contributed by atoms with E-state index < -0.39 is 11.8 Å². The number of hydrogen-bond acceptors (Lipinski definition) is 4. The molecule has 0 unspecified atom stereocenters. The Balaban J connectivity index is 1.53. The van der Waals surface area contributed by atoms with Gasteiger partial charge in [0.25, 0.3) is 0 Å². The summed E-state index contributed by atoms with van der Waals surface area (Å²) in [7, 11) is 0. The molecule has 2 aliphatic rings. The number of likely N-dealkylation sites (tertiary alicyclic amines) is 1. The lowest BCUT2D eigenvalue weighted by Crippen LogP contribution is -2.54. The fourth-order valence-corrected chi connectivity index (χ4v) is 3.15. The van der Waals surface area contributed by atoms with E-state index in [0.29, 0.717) is 39.0 Å². The van der Waals surface area contributed by atoms with Crippen LogP contribution in [0.1, 0.15) is 12.8 Å². The average Bonchev–Trinajstić information content (AvgIpc) is 2.62. The molecule has 1 N–H and O–H groups in total. The average molecular weight is 317 g/mol. The monoisotopic (exact) mass is 317 g/mol. The Morgan fingerprint density at radius 2 is 1.35 bits per heavy atom. The van der Waals surface area contributed by atoms with Crippen LogP contribution in [0.25, 0.3) is 0 Å². The number of rotatable bonds is 1. The van der Waals surface area contributed by atoms with Crippen LogP contribution in [-0.2, 0) is 9.59 Å². The highest BCUT2D eigenvalue weighted by atomic mass is 16.3. The number of benzene rings is 1. The zero-order valence-electron chi connectivity index (χ0n) is 13.2. The molecule has 23 heavy (non-hydrogen) atoms. The molecule has 2 amide bonds. The maximum absolute atomic E-state index is 12.4. The third kappa shape index (κ3) is 3.64. The fourth-order valence-electron chi connectivity index (χ4n) is 3.15. The lowest BCUT2D eigenvalue weighted by Gasteiger charge is -2.37. The number of hydrogen-bond donors (Lipinski definition) is 1. The van der Waals surface area contributed by atoms with E-state index in [2.05, 4.69) is 17.0 Å². The Labute approximate surface area is 136 Å². The summed E-state index contributed by atoms with van der Waals surface area (Å²) in [5, 5.41) is 9.49. The summed E-state index contributed by atoms with van der Waals surface area (Å²) in [5.74, 6) is -0.834. The Morgan fingerprint density at radius 1 is 0.826 bits per heavy atom. The van der Waals surface area contributed by atoms with E-state index in [1.807, 2.05) is 18.2 Å². The molecule has 2 fully saturated rings. The lowest BCUT2D eigenvalue weighted by atomic mass is 10.1. The van der Waals surface area contributed by atoms with Crippen molar-refractivity contribution < 1.29 is 14.7 Å². The van der Waals surface area contributed by atoms with Crippen LogP contribution in [0.15, 0.2) is 30.3 Å². The van der Waals surface area contributed by atoms with E-state index in [0.717, 1.165) is 18.8 Å². The molecule has 0 aliphatic carbocycles. The van der Waals surface area contributed by atoms with Crippen LogP contribution < -0.4 is 4.90 Å². The van der Waals surface area contributed by atoms with Gasteiger partial charge in [-0.3, -0.25) is 9.59 Å². The lowest BCUT2D eigenvalue weighted by molar-refractivity contribution is -0.153. The Bertz CT molecular complexity index is 547. The Kier molecular flexibility index (Phi) is 4.81. The molecule has 0 saturated carbocycles. The van der Waals surface area contributed by atoms with E-state index in [-0.39, 0.29) is 6.10 Å². The molecule has 0 bridgehead atoms. The van der Waals surface area contributed by atoms with Gasteiger partial charge in [-0.05, 0) is 25.0 Å². The molecule has 0 spiro atoms. The van der Waals surface area contributed by atoms with Crippen molar-refractivity contribution in [3.05, 3.63) is 30.3 Å². The number of para-hydroxylation sites is 1. The number of carbonyl (C=O) groups excluding carboxylic acids is 2. The summed E-state index contributed by atoms with van der Waals surface area (Å²) in [6, 6.07) is 10.1. The summed E-state index contributed by atoms with van der Waals surface area (Å²) < 4.78 is 0. The number of piperazine rings is 1. The highest BCUT2D eigenvalue weighted by Gasteiger charge is 2.31. The highest BCUT2D eigenvalue weighted by Crippen LogP contribution is 2.16. The van der Waals surface area contributed by atoms with Gasteiger partial charge in [0.2, 0.25) is 0 Å². The molecule has 2 saturated heterocycles. The van der Waals surface area contributed by atoms with Gasteiger partial charge in [-0.2, -0.15) is 0 Å². The van der Waals surface area contributed by atoms with Gasteiger partial charge in [-0.15, -0.1) is 0 Å². The number of aliphatic hydroxyl groups excluding tert-OH is 1. The van der Waals surface area contributed by atoms with Crippen LogP contribution in [0.3, 0.4) is 0 Å². The maximum atomic E-state index is 12.4. The molecule has 0 radical (unpaired) electrons. The third-order valence-corrected chi connectivity index (χ3v) is 4.62. The molecule has 0 aromatic heterocycles. The topological polar surface area (TPSA) is 64.1 Å². The van der Waals surface area contributed by atoms with Crippen LogP contribution in [0, 0.1) is 0 Å². The van der Waals surface area contributed by atoms with E-state index >= 15 is 0 Å². The van der Waals surface area contributed by atoms with Gasteiger partial charge >= 0.3 is 11.8 Å². The zero-order chi connectivity index (χ0) is 16.2. The summed E-state index contributed by atoms with van der Waals surface area (Å²) >= 11 is 0. The SMILES string of the molecule is O=C(C(=O)N1CCN(c2ccccc2)CC1)N1CCC(O)CC1.